The zero-order valence-corrected chi connectivity index (χ0v) is 10.3. The van der Waals surface area contributed by atoms with Crippen LogP contribution in [0.1, 0.15) is 46.0 Å². The summed E-state index contributed by atoms with van der Waals surface area (Å²) in [4.78, 5) is 2.63. The molecule has 0 bridgehead atoms. The summed E-state index contributed by atoms with van der Waals surface area (Å²) < 4.78 is 0. The molecule has 0 amide bonds. The van der Waals surface area contributed by atoms with E-state index in [2.05, 4.69) is 18.7 Å². The molecule has 2 unspecified atom stereocenters. The van der Waals surface area contributed by atoms with Crippen molar-refractivity contribution in [3.63, 3.8) is 0 Å². The Kier molecular flexibility index (Phi) is 3.36. The molecule has 1 aliphatic carbocycles. The number of fused-ring (bicyclic) bond motifs is 1. The molecule has 1 aliphatic heterocycles. The van der Waals surface area contributed by atoms with Crippen LogP contribution >= 0.6 is 0 Å². The molecule has 1 saturated carbocycles. The molecule has 0 aromatic heterocycles. The molecule has 2 rings (SSSR count). The standard InChI is InChI=1S/C13H26N2/c1-3-13(14,4-2)10-15-8-11-6-5-7-12(11)9-15/h11-12H,3-10,14H2,1-2H3. The lowest BCUT2D eigenvalue weighted by molar-refractivity contribution is 0.221. The maximum Gasteiger partial charge on any atom is 0.0278 e. The van der Waals surface area contributed by atoms with Crippen molar-refractivity contribution in [3.05, 3.63) is 0 Å². The molecular weight excluding hydrogens is 184 g/mol. The van der Waals surface area contributed by atoms with Crippen LogP contribution in [0.2, 0.25) is 0 Å². The topological polar surface area (TPSA) is 29.3 Å². The monoisotopic (exact) mass is 210 g/mol. The molecule has 1 heterocycles. The summed E-state index contributed by atoms with van der Waals surface area (Å²) in [5, 5.41) is 0. The van der Waals surface area contributed by atoms with Gasteiger partial charge in [0.15, 0.2) is 0 Å². The number of likely N-dealkylation sites (tertiary alicyclic amines) is 1. The molecule has 2 nitrogen and oxygen atoms in total. The van der Waals surface area contributed by atoms with Gasteiger partial charge in [-0.05, 0) is 37.5 Å². The molecule has 0 aromatic rings. The molecule has 88 valence electrons. The lowest BCUT2D eigenvalue weighted by Gasteiger charge is -2.32. The molecule has 2 N–H and O–H groups in total. The molecule has 0 spiro atoms. The fourth-order valence-electron chi connectivity index (χ4n) is 3.38. The van der Waals surface area contributed by atoms with Gasteiger partial charge in [-0.15, -0.1) is 0 Å². The average Bonchev–Trinajstić information content (AvgIpc) is 2.77. The van der Waals surface area contributed by atoms with E-state index in [-0.39, 0.29) is 5.54 Å². The van der Waals surface area contributed by atoms with Crippen molar-refractivity contribution in [2.45, 2.75) is 51.5 Å². The van der Waals surface area contributed by atoms with Crippen molar-refractivity contribution in [1.82, 2.24) is 4.90 Å². The third kappa shape index (κ3) is 2.36. The minimum absolute atomic E-state index is 0.0681. The van der Waals surface area contributed by atoms with Crippen LogP contribution in [0.15, 0.2) is 0 Å². The Morgan fingerprint density at radius 3 is 2.13 bits per heavy atom. The molecule has 1 saturated heterocycles. The predicted octanol–water partition coefficient (Wildman–Crippen LogP) is 2.24. The Bertz CT molecular complexity index is 199. The Labute approximate surface area is 94.2 Å². The minimum Gasteiger partial charge on any atom is -0.324 e. The largest absolute Gasteiger partial charge is 0.324 e. The third-order valence-corrected chi connectivity index (χ3v) is 4.75. The van der Waals surface area contributed by atoms with Crippen LogP contribution in [-0.4, -0.2) is 30.1 Å². The summed E-state index contributed by atoms with van der Waals surface area (Å²) in [7, 11) is 0. The second kappa shape index (κ2) is 4.42. The first-order valence-electron chi connectivity index (χ1n) is 6.68. The van der Waals surface area contributed by atoms with Gasteiger partial charge < -0.3 is 10.6 Å². The van der Waals surface area contributed by atoms with E-state index in [0.717, 1.165) is 31.2 Å². The molecule has 0 aromatic carbocycles. The summed E-state index contributed by atoms with van der Waals surface area (Å²) in [5.74, 6) is 2.01. The average molecular weight is 210 g/mol. The fraction of sp³-hybridized carbons (Fsp3) is 1.00. The van der Waals surface area contributed by atoms with Gasteiger partial charge in [-0.25, -0.2) is 0 Å². The fourth-order valence-corrected chi connectivity index (χ4v) is 3.38. The van der Waals surface area contributed by atoms with Crippen molar-refractivity contribution >= 4 is 0 Å². The summed E-state index contributed by atoms with van der Waals surface area (Å²) >= 11 is 0. The molecule has 2 heteroatoms. The lowest BCUT2D eigenvalue weighted by atomic mass is 9.93. The van der Waals surface area contributed by atoms with Crippen molar-refractivity contribution in [3.8, 4) is 0 Å². The van der Waals surface area contributed by atoms with Gasteiger partial charge in [-0.3, -0.25) is 0 Å². The van der Waals surface area contributed by atoms with E-state index in [1.54, 1.807) is 0 Å². The smallest absolute Gasteiger partial charge is 0.0278 e. The predicted molar refractivity (Wildman–Crippen MR) is 64.8 cm³/mol. The van der Waals surface area contributed by atoms with Crippen LogP contribution in [-0.2, 0) is 0 Å². The second-order valence-electron chi connectivity index (χ2n) is 5.71. The summed E-state index contributed by atoms with van der Waals surface area (Å²) in [6.45, 7) is 8.21. The second-order valence-corrected chi connectivity index (χ2v) is 5.71. The van der Waals surface area contributed by atoms with Crippen molar-refractivity contribution in [2.75, 3.05) is 19.6 Å². The van der Waals surface area contributed by atoms with Crippen LogP contribution in [0.3, 0.4) is 0 Å². The first-order chi connectivity index (χ1) is 7.17. The SMILES string of the molecule is CCC(N)(CC)CN1CC2CCCC2C1. The van der Waals surface area contributed by atoms with E-state index >= 15 is 0 Å². The number of hydrogen-bond donors (Lipinski definition) is 1. The Hall–Kier alpha value is -0.0800. The van der Waals surface area contributed by atoms with Gasteiger partial charge in [0.05, 0.1) is 0 Å². The highest BCUT2D eigenvalue weighted by Gasteiger charge is 2.37. The molecule has 2 fully saturated rings. The van der Waals surface area contributed by atoms with Crippen LogP contribution in [0, 0.1) is 11.8 Å². The normalized spacial score (nSPS) is 32.2. The Balaban J connectivity index is 1.86. The van der Waals surface area contributed by atoms with E-state index < -0.39 is 0 Å². The zero-order valence-electron chi connectivity index (χ0n) is 10.3. The minimum atomic E-state index is 0.0681. The van der Waals surface area contributed by atoms with E-state index in [9.17, 15) is 0 Å². The maximum absolute atomic E-state index is 6.39. The lowest BCUT2D eigenvalue weighted by Crippen LogP contribution is -2.49. The first kappa shape index (κ1) is 11.4. The van der Waals surface area contributed by atoms with E-state index in [1.165, 1.54) is 32.4 Å². The highest BCUT2D eigenvalue weighted by Crippen LogP contribution is 2.38. The van der Waals surface area contributed by atoms with Crippen LogP contribution < -0.4 is 5.73 Å². The highest BCUT2D eigenvalue weighted by atomic mass is 15.2. The number of rotatable bonds is 4. The van der Waals surface area contributed by atoms with Crippen molar-refractivity contribution in [1.29, 1.82) is 0 Å². The van der Waals surface area contributed by atoms with Gasteiger partial charge in [0.2, 0.25) is 0 Å². The Morgan fingerprint density at radius 1 is 1.13 bits per heavy atom. The molecular formula is C13H26N2. The number of nitrogens with zero attached hydrogens (tertiary/aromatic N) is 1. The molecule has 2 aliphatic rings. The van der Waals surface area contributed by atoms with Crippen LogP contribution in [0.25, 0.3) is 0 Å². The summed E-state index contributed by atoms with van der Waals surface area (Å²) in [6.07, 6.45) is 6.62. The molecule has 2 atom stereocenters. The Morgan fingerprint density at radius 2 is 1.67 bits per heavy atom. The van der Waals surface area contributed by atoms with E-state index in [4.69, 9.17) is 5.73 Å². The van der Waals surface area contributed by atoms with Crippen LogP contribution in [0.5, 0.6) is 0 Å². The first-order valence-corrected chi connectivity index (χ1v) is 6.68. The van der Waals surface area contributed by atoms with Crippen molar-refractivity contribution in [2.24, 2.45) is 17.6 Å². The van der Waals surface area contributed by atoms with Gasteiger partial charge in [0.25, 0.3) is 0 Å². The van der Waals surface area contributed by atoms with E-state index in [1.807, 2.05) is 0 Å². The quantitative estimate of drug-likeness (QED) is 0.771. The molecule has 0 radical (unpaired) electrons. The number of hydrogen-bond acceptors (Lipinski definition) is 2. The molecule has 15 heavy (non-hydrogen) atoms. The third-order valence-electron chi connectivity index (χ3n) is 4.75. The maximum atomic E-state index is 6.39. The summed E-state index contributed by atoms with van der Waals surface area (Å²) in [6, 6.07) is 0. The van der Waals surface area contributed by atoms with E-state index in [0.29, 0.717) is 0 Å². The van der Waals surface area contributed by atoms with Gasteiger partial charge >= 0.3 is 0 Å². The highest BCUT2D eigenvalue weighted by molar-refractivity contribution is 4.93. The van der Waals surface area contributed by atoms with Gasteiger partial charge in [-0.2, -0.15) is 0 Å². The zero-order chi connectivity index (χ0) is 10.9. The van der Waals surface area contributed by atoms with Gasteiger partial charge in [0.1, 0.15) is 0 Å². The van der Waals surface area contributed by atoms with Gasteiger partial charge in [-0.1, -0.05) is 20.3 Å². The van der Waals surface area contributed by atoms with Gasteiger partial charge in [0, 0.05) is 25.2 Å². The van der Waals surface area contributed by atoms with Crippen LogP contribution in [0.4, 0.5) is 0 Å². The summed E-state index contributed by atoms with van der Waals surface area (Å²) in [5.41, 5.74) is 6.45. The van der Waals surface area contributed by atoms with Crippen molar-refractivity contribution < 1.29 is 0 Å². The number of nitrogens with two attached hydrogens (primary N) is 1.